The Morgan fingerprint density at radius 1 is 0.957 bits per heavy atom. The van der Waals surface area contributed by atoms with Crippen molar-refractivity contribution in [1.29, 1.82) is 0 Å². The Balaban J connectivity index is 2.29. The largest absolute Gasteiger partial charge is 0.386 e. The first-order valence-corrected chi connectivity index (χ1v) is 9.56. The van der Waals surface area contributed by atoms with Crippen molar-refractivity contribution in [2.24, 2.45) is 0 Å². The fraction of sp³-hybridized carbons (Fsp3) is 0.294. The molecule has 0 amide bonds. The number of rotatable bonds is 8. The molecule has 0 saturated carbocycles. The third-order valence-electron chi connectivity index (χ3n) is 3.47. The SMILES string of the molecule is O=S(=O)(CCCCl)N[C@@H](c1ccccc1)[C@@H](O)c1ccccc1. The Morgan fingerprint density at radius 3 is 2.00 bits per heavy atom. The predicted molar refractivity (Wildman–Crippen MR) is 92.8 cm³/mol. The van der Waals surface area contributed by atoms with Gasteiger partial charge >= 0.3 is 0 Å². The van der Waals surface area contributed by atoms with Gasteiger partial charge in [-0.15, -0.1) is 11.6 Å². The van der Waals surface area contributed by atoms with Crippen LogP contribution in [-0.2, 0) is 10.0 Å². The van der Waals surface area contributed by atoms with E-state index in [-0.39, 0.29) is 11.6 Å². The third kappa shape index (κ3) is 5.32. The standard InChI is InChI=1S/C17H20ClNO3S/c18-12-7-13-23(21,22)19-16(14-8-3-1-4-9-14)17(20)15-10-5-2-6-11-15/h1-6,8-11,16-17,19-20H,7,12-13H2/t16-,17-/m0/s1. The molecule has 0 aromatic heterocycles. The molecule has 0 aliphatic carbocycles. The zero-order chi connectivity index (χ0) is 16.7. The van der Waals surface area contributed by atoms with E-state index in [1.165, 1.54) is 0 Å². The normalized spacial score (nSPS) is 14.3. The molecule has 2 N–H and O–H groups in total. The van der Waals surface area contributed by atoms with E-state index in [0.29, 0.717) is 17.5 Å². The highest BCUT2D eigenvalue weighted by atomic mass is 35.5. The lowest BCUT2D eigenvalue weighted by Crippen LogP contribution is -2.34. The molecule has 2 aromatic rings. The first-order chi connectivity index (χ1) is 11.0. The van der Waals surface area contributed by atoms with E-state index >= 15 is 0 Å². The predicted octanol–water partition coefficient (Wildman–Crippen LogP) is 3.01. The minimum atomic E-state index is -3.54. The number of sulfonamides is 1. The lowest BCUT2D eigenvalue weighted by molar-refractivity contribution is 0.139. The van der Waals surface area contributed by atoms with E-state index in [1.807, 2.05) is 36.4 Å². The van der Waals surface area contributed by atoms with Crippen LogP contribution in [0, 0.1) is 0 Å². The molecule has 0 unspecified atom stereocenters. The van der Waals surface area contributed by atoms with Crippen LogP contribution in [0.15, 0.2) is 60.7 Å². The molecule has 0 aliphatic rings. The van der Waals surface area contributed by atoms with Gasteiger partial charge in [0.25, 0.3) is 0 Å². The Bertz CT molecular complexity index is 692. The van der Waals surface area contributed by atoms with Crippen LogP contribution < -0.4 is 4.72 Å². The summed E-state index contributed by atoms with van der Waals surface area (Å²) in [5.41, 5.74) is 1.36. The maximum Gasteiger partial charge on any atom is 0.212 e. The minimum absolute atomic E-state index is 0.0681. The van der Waals surface area contributed by atoms with Crippen molar-refractivity contribution in [2.45, 2.75) is 18.6 Å². The van der Waals surface area contributed by atoms with Crippen molar-refractivity contribution >= 4 is 21.6 Å². The first kappa shape index (κ1) is 17.9. The zero-order valence-corrected chi connectivity index (χ0v) is 14.2. The van der Waals surface area contributed by atoms with Crippen LogP contribution in [0.4, 0.5) is 0 Å². The lowest BCUT2D eigenvalue weighted by atomic mass is 9.97. The summed E-state index contributed by atoms with van der Waals surface area (Å²) < 4.78 is 27.1. The van der Waals surface area contributed by atoms with E-state index in [2.05, 4.69) is 4.72 Å². The third-order valence-corrected chi connectivity index (χ3v) is 5.18. The average molecular weight is 354 g/mol. The van der Waals surface area contributed by atoms with Crippen molar-refractivity contribution in [3.8, 4) is 0 Å². The molecule has 6 heteroatoms. The maximum absolute atomic E-state index is 12.2. The summed E-state index contributed by atoms with van der Waals surface area (Å²) in [6.45, 7) is 0. The summed E-state index contributed by atoms with van der Waals surface area (Å²) in [5.74, 6) is 0.208. The Labute approximate surface area is 142 Å². The van der Waals surface area contributed by atoms with Crippen molar-refractivity contribution in [2.75, 3.05) is 11.6 Å². The molecule has 0 fully saturated rings. The highest BCUT2D eigenvalue weighted by Crippen LogP contribution is 2.29. The van der Waals surface area contributed by atoms with E-state index < -0.39 is 22.2 Å². The number of alkyl halides is 1. The van der Waals surface area contributed by atoms with Gasteiger partial charge in [0.05, 0.1) is 17.9 Å². The average Bonchev–Trinajstić information content (AvgIpc) is 2.59. The topological polar surface area (TPSA) is 66.4 Å². The molecule has 2 rings (SSSR count). The molecule has 0 aliphatic heterocycles. The van der Waals surface area contributed by atoms with Gasteiger partial charge in [0.15, 0.2) is 0 Å². The van der Waals surface area contributed by atoms with E-state index in [4.69, 9.17) is 11.6 Å². The van der Waals surface area contributed by atoms with Crippen LogP contribution in [0.5, 0.6) is 0 Å². The molecule has 0 bridgehead atoms. The smallest absolute Gasteiger partial charge is 0.212 e. The molecule has 0 heterocycles. The van der Waals surface area contributed by atoms with E-state index in [1.54, 1.807) is 24.3 Å². The van der Waals surface area contributed by atoms with Crippen LogP contribution in [-0.4, -0.2) is 25.2 Å². The Hall–Kier alpha value is -1.40. The molecule has 2 atom stereocenters. The van der Waals surface area contributed by atoms with Gasteiger partial charge < -0.3 is 5.11 Å². The summed E-state index contributed by atoms with van der Waals surface area (Å²) in [6, 6.07) is 17.3. The molecule has 0 saturated heterocycles. The van der Waals surface area contributed by atoms with Gasteiger partial charge in [-0.2, -0.15) is 0 Å². The van der Waals surface area contributed by atoms with Gasteiger partial charge in [-0.25, -0.2) is 13.1 Å². The number of benzene rings is 2. The van der Waals surface area contributed by atoms with Gasteiger partial charge in [-0.3, -0.25) is 0 Å². The zero-order valence-electron chi connectivity index (χ0n) is 12.6. The Morgan fingerprint density at radius 2 is 1.48 bits per heavy atom. The number of hydrogen-bond donors (Lipinski definition) is 2. The summed E-state index contributed by atoms with van der Waals surface area (Å²) >= 11 is 5.58. The summed E-state index contributed by atoms with van der Waals surface area (Å²) in [5, 5.41) is 10.7. The molecular formula is C17H20ClNO3S. The second kappa shape index (κ2) is 8.45. The van der Waals surface area contributed by atoms with Crippen molar-refractivity contribution in [3.05, 3.63) is 71.8 Å². The van der Waals surface area contributed by atoms with Crippen molar-refractivity contribution in [3.63, 3.8) is 0 Å². The highest BCUT2D eigenvalue weighted by molar-refractivity contribution is 7.89. The van der Waals surface area contributed by atoms with Crippen LogP contribution in [0.3, 0.4) is 0 Å². The summed E-state index contributed by atoms with van der Waals surface area (Å²) in [7, 11) is -3.54. The summed E-state index contributed by atoms with van der Waals surface area (Å²) in [6.07, 6.45) is -0.621. The number of aliphatic hydroxyl groups excluding tert-OH is 1. The second-order valence-electron chi connectivity index (χ2n) is 5.22. The molecule has 23 heavy (non-hydrogen) atoms. The molecular weight excluding hydrogens is 334 g/mol. The lowest BCUT2D eigenvalue weighted by Gasteiger charge is -2.25. The van der Waals surface area contributed by atoms with Crippen LogP contribution in [0.2, 0.25) is 0 Å². The summed E-state index contributed by atoms with van der Waals surface area (Å²) in [4.78, 5) is 0. The molecule has 124 valence electrons. The number of halogens is 1. The van der Waals surface area contributed by atoms with Crippen molar-refractivity contribution in [1.82, 2.24) is 4.72 Å². The molecule has 2 aromatic carbocycles. The number of hydrogen-bond acceptors (Lipinski definition) is 3. The first-order valence-electron chi connectivity index (χ1n) is 7.37. The van der Waals surface area contributed by atoms with Crippen molar-refractivity contribution < 1.29 is 13.5 Å². The molecule has 0 spiro atoms. The number of aliphatic hydroxyl groups is 1. The second-order valence-corrected chi connectivity index (χ2v) is 7.47. The van der Waals surface area contributed by atoms with Crippen LogP contribution >= 0.6 is 11.6 Å². The van der Waals surface area contributed by atoms with Gasteiger partial charge in [-0.05, 0) is 17.5 Å². The highest BCUT2D eigenvalue weighted by Gasteiger charge is 2.27. The fourth-order valence-electron chi connectivity index (χ4n) is 2.31. The monoisotopic (exact) mass is 353 g/mol. The van der Waals surface area contributed by atoms with Crippen LogP contribution in [0.1, 0.15) is 29.7 Å². The Kier molecular flexibility index (Phi) is 6.59. The van der Waals surface area contributed by atoms with Gasteiger partial charge in [0.2, 0.25) is 10.0 Å². The van der Waals surface area contributed by atoms with Gasteiger partial charge in [0, 0.05) is 5.88 Å². The minimum Gasteiger partial charge on any atom is -0.386 e. The number of nitrogens with one attached hydrogen (secondary N) is 1. The van der Waals surface area contributed by atoms with Gasteiger partial charge in [0.1, 0.15) is 0 Å². The fourth-order valence-corrected chi connectivity index (χ4v) is 3.90. The van der Waals surface area contributed by atoms with Gasteiger partial charge in [-0.1, -0.05) is 60.7 Å². The van der Waals surface area contributed by atoms with Crippen LogP contribution in [0.25, 0.3) is 0 Å². The molecule has 0 radical (unpaired) electrons. The van der Waals surface area contributed by atoms with E-state index in [0.717, 1.165) is 0 Å². The quantitative estimate of drug-likeness (QED) is 0.717. The molecule has 4 nitrogen and oxygen atoms in total. The van der Waals surface area contributed by atoms with E-state index in [9.17, 15) is 13.5 Å². The maximum atomic E-state index is 12.2.